The Bertz CT molecular complexity index is 989. The topological polar surface area (TPSA) is 83.6 Å². The fourth-order valence-electron chi connectivity index (χ4n) is 2.81. The lowest BCUT2D eigenvalue weighted by Crippen LogP contribution is -2.24. The minimum Gasteiger partial charge on any atom is -0.447 e. The molecule has 26 heavy (non-hydrogen) atoms. The molecule has 0 unspecified atom stereocenters. The molecule has 1 aliphatic heterocycles. The number of nitrogens with one attached hydrogen (secondary N) is 2. The SMILES string of the molecule is O=C(Nc1cccc(N2CCOC2=O)c1)Nc1cnc2ccccc2c1. The quantitative estimate of drug-likeness (QED) is 0.753. The summed E-state index contributed by atoms with van der Waals surface area (Å²) in [5, 5.41) is 6.47. The van der Waals surface area contributed by atoms with E-state index < -0.39 is 0 Å². The molecule has 0 spiro atoms. The summed E-state index contributed by atoms with van der Waals surface area (Å²) in [6.45, 7) is 0.864. The number of hydrogen-bond acceptors (Lipinski definition) is 4. The van der Waals surface area contributed by atoms with Crippen LogP contribution in [0.3, 0.4) is 0 Å². The Morgan fingerprint density at radius 2 is 1.88 bits per heavy atom. The Morgan fingerprint density at radius 1 is 1.04 bits per heavy atom. The van der Waals surface area contributed by atoms with Gasteiger partial charge in [0.15, 0.2) is 0 Å². The molecule has 0 bridgehead atoms. The minimum atomic E-state index is -0.386. The number of urea groups is 1. The Kier molecular flexibility index (Phi) is 4.10. The van der Waals surface area contributed by atoms with Crippen LogP contribution in [0.5, 0.6) is 0 Å². The van der Waals surface area contributed by atoms with Crippen molar-refractivity contribution in [1.29, 1.82) is 0 Å². The maximum Gasteiger partial charge on any atom is 0.414 e. The highest BCUT2D eigenvalue weighted by atomic mass is 16.6. The van der Waals surface area contributed by atoms with Gasteiger partial charge < -0.3 is 15.4 Å². The van der Waals surface area contributed by atoms with Gasteiger partial charge in [0.2, 0.25) is 0 Å². The number of carbonyl (C=O) groups excluding carboxylic acids is 2. The molecular formula is C19H16N4O3. The molecule has 1 fully saturated rings. The number of rotatable bonds is 3. The third-order valence-corrected chi connectivity index (χ3v) is 4.02. The lowest BCUT2D eigenvalue weighted by atomic mass is 10.2. The highest BCUT2D eigenvalue weighted by Gasteiger charge is 2.23. The molecule has 0 saturated carbocycles. The fourth-order valence-corrected chi connectivity index (χ4v) is 2.81. The van der Waals surface area contributed by atoms with Crippen molar-refractivity contribution < 1.29 is 14.3 Å². The van der Waals surface area contributed by atoms with Gasteiger partial charge in [0.25, 0.3) is 0 Å². The second-order valence-corrected chi connectivity index (χ2v) is 5.81. The second-order valence-electron chi connectivity index (χ2n) is 5.81. The maximum absolute atomic E-state index is 12.3. The molecule has 2 heterocycles. The molecule has 4 rings (SSSR count). The van der Waals surface area contributed by atoms with E-state index in [-0.39, 0.29) is 12.1 Å². The van der Waals surface area contributed by atoms with E-state index in [1.165, 1.54) is 4.90 Å². The van der Waals surface area contributed by atoms with Gasteiger partial charge >= 0.3 is 12.1 Å². The van der Waals surface area contributed by atoms with Crippen LogP contribution in [0.25, 0.3) is 10.9 Å². The molecule has 7 nitrogen and oxygen atoms in total. The first-order valence-corrected chi connectivity index (χ1v) is 8.16. The van der Waals surface area contributed by atoms with Crippen molar-refractivity contribution in [3.8, 4) is 0 Å². The number of cyclic esters (lactones) is 1. The molecule has 0 radical (unpaired) electrons. The standard InChI is InChI=1S/C19H16N4O3/c24-18(22-15-10-13-4-1-2-7-17(13)20-12-15)21-14-5-3-6-16(11-14)23-8-9-26-19(23)25/h1-7,10-12H,8-9H2,(H2,21,22,24). The largest absolute Gasteiger partial charge is 0.447 e. The molecule has 1 saturated heterocycles. The van der Waals surface area contributed by atoms with E-state index in [9.17, 15) is 9.59 Å². The van der Waals surface area contributed by atoms with Crippen LogP contribution in [-0.4, -0.2) is 30.3 Å². The van der Waals surface area contributed by atoms with Gasteiger partial charge in [-0.3, -0.25) is 9.88 Å². The summed E-state index contributed by atoms with van der Waals surface area (Å²) in [6, 6.07) is 16.2. The predicted molar refractivity (Wildman–Crippen MR) is 99.5 cm³/mol. The summed E-state index contributed by atoms with van der Waals surface area (Å²) in [5.74, 6) is 0. The Hall–Kier alpha value is -3.61. The van der Waals surface area contributed by atoms with E-state index >= 15 is 0 Å². The number of benzene rings is 2. The first-order valence-electron chi connectivity index (χ1n) is 8.16. The number of carbonyl (C=O) groups is 2. The van der Waals surface area contributed by atoms with Gasteiger partial charge in [-0.1, -0.05) is 24.3 Å². The minimum absolute atomic E-state index is 0.367. The van der Waals surface area contributed by atoms with E-state index in [0.717, 1.165) is 10.9 Å². The molecule has 3 aromatic rings. The second kappa shape index (κ2) is 6.72. The summed E-state index contributed by atoms with van der Waals surface area (Å²) >= 11 is 0. The number of aromatic nitrogens is 1. The average molecular weight is 348 g/mol. The zero-order chi connectivity index (χ0) is 17.9. The summed E-state index contributed by atoms with van der Waals surface area (Å²) in [5.41, 5.74) is 2.72. The van der Waals surface area contributed by atoms with Crippen LogP contribution >= 0.6 is 0 Å². The third-order valence-electron chi connectivity index (χ3n) is 4.02. The first kappa shape index (κ1) is 15.9. The van der Waals surface area contributed by atoms with Crippen molar-refractivity contribution in [2.24, 2.45) is 0 Å². The molecule has 7 heteroatoms. The molecule has 130 valence electrons. The summed E-state index contributed by atoms with van der Waals surface area (Å²) in [4.78, 5) is 29.8. The Balaban J connectivity index is 1.46. The zero-order valence-corrected chi connectivity index (χ0v) is 13.8. The van der Waals surface area contributed by atoms with Crippen molar-refractivity contribution in [2.75, 3.05) is 28.7 Å². The van der Waals surface area contributed by atoms with Crippen molar-refractivity contribution in [3.63, 3.8) is 0 Å². The lowest BCUT2D eigenvalue weighted by molar-refractivity contribution is 0.181. The molecular weight excluding hydrogens is 332 g/mol. The van der Waals surface area contributed by atoms with Crippen LogP contribution < -0.4 is 15.5 Å². The summed E-state index contributed by atoms with van der Waals surface area (Å²) in [6.07, 6.45) is 1.23. The third kappa shape index (κ3) is 3.27. The van der Waals surface area contributed by atoms with Gasteiger partial charge in [0, 0.05) is 16.8 Å². The van der Waals surface area contributed by atoms with E-state index in [1.807, 2.05) is 30.3 Å². The van der Waals surface area contributed by atoms with Gasteiger partial charge in [-0.05, 0) is 30.3 Å². The molecule has 3 amide bonds. The normalized spacial score (nSPS) is 13.5. The average Bonchev–Trinajstić information content (AvgIpc) is 3.08. The van der Waals surface area contributed by atoms with Crippen LogP contribution in [0.15, 0.2) is 60.8 Å². The van der Waals surface area contributed by atoms with Gasteiger partial charge in [0.05, 0.1) is 23.9 Å². The number of pyridine rings is 1. The maximum atomic E-state index is 12.3. The summed E-state index contributed by atoms with van der Waals surface area (Å²) < 4.78 is 4.94. The van der Waals surface area contributed by atoms with Crippen LogP contribution in [0.4, 0.5) is 26.7 Å². The van der Waals surface area contributed by atoms with Crippen LogP contribution in [0.2, 0.25) is 0 Å². The zero-order valence-electron chi connectivity index (χ0n) is 13.8. The molecule has 0 aliphatic carbocycles. The van der Waals surface area contributed by atoms with Gasteiger partial charge in [-0.2, -0.15) is 0 Å². The predicted octanol–water partition coefficient (Wildman–Crippen LogP) is 3.84. The lowest BCUT2D eigenvalue weighted by Gasteiger charge is -2.14. The van der Waals surface area contributed by atoms with E-state index in [2.05, 4.69) is 15.6 Å². The molecule has 2 aromatic carbocycles. The Morgan fingerprint density at radius 3 is 2.73 bits per heavy atom. The molecule has 1 aromatic heterocycles. The molecule has 2 N–H and O–H groups in total. The smallest absolute Gasteiger partial charge is 0.414 e. The van der Waals surface area contributed by atoms with Crippen molar-refractivity contribution in [2.45, 2.75) is 0 Å². The van der Waals surface area contributed by atoms with Crippen LogP contribution in [0, 0.1) is 0 Å². The first-order chi connectivity index (χ1) is 12.7. The Labute approximate surface area is 149 Å². The number of nitrogens with zero attached hydrogens (tertiary/aromatic N) is 2. The van der Waals surface area contributed by atoms with Crippen LogP contribution in [-0.2, 0) is 4.74 Å². The van der Waals surface area contributed by atoms with Gasteiger partial charge in [-0.25, -0.2) is 9.59 Å². The van der Waals surface area contributed by atoms with Gasteiger partial charge in [-0.15, -0.1) is 0 Å². The van der Waals surface area contributed by atoms with E-state index in [0.29, 0.717) is 30.2 Å². The van der Waals surface area contributed by atoms with E-state index in [1.54, 1.807) is 30.5 Å². The molecule has 0 atom stereocenters. The number of ether oxygens (including phenoxy) is 1. The van der Waals surface area contributed by atoms with Crippen molar-refractivity contribution in [3.05, 3.63) is 60.8 Å². The number of fused-ring (bicyclic) bond motifs is 1. The van der Waals surface area contributed by atoms with Crippen molar-refractivity contribution in [1.82, 2.24) is 4.98 Å². The molecule has 1 aliphatic rings. The van der Waals surface area contributed by atoms with Gasteiger partial charge in [0.1, 0.15) is 6.61 Å². The summed E-state index contributed by atoms with van der Waals surface area (Å²) in [7, 11) is 0. The van der Waals surface area contributed by atoms with E-state index in [4.69, 9.17) is 4.74 Å². The fraction of sp³-hybridized carbons (Fsp3) is 0.105. The monoisotopic (exact) mass is 348 g/mol. The van der Waals surface area contributed by atoms with Crippen molar-refractivity contribution >= 4 is 40.1 Å². The number of para-hydroxylation sites is 1. The number of amides is 3. The number of anilines is 3. The van der Waals surface area contributed by atoms with Crippen LogP contribution in [0.1, 0.15) is 0 Å². The highest BCUT2D eigenvalue weighted by molar-refractivity contribution is 6.01. The number of hydrogen-bond donors (Lipinski definition) is 2. The highest BCUT2D eigenvalue weighted by Crippen LogP contribution is 2.23.